The number of alkyl halides is 3. The van der Waals surface area contributed by atoms with Gasteiger partial charge < -0.3 is 25.1 Å². The number of phenols is 1. The summed E-state index contributed by atoms with van der Waals surface area (Å²) in [7, 11) is 2.00. The van der Waals surface area contributed by atoms with E-state index >= 15 is 0 Å². The first kappa shape index (κ1) is 28.3. The molecule has 218 valence electrons. The number of piperazine rings is 1. The Morgan fingerprint density at radius 2 is 1.80 bits per heavy atom. The summed E-state index contributed by atoms with van der Waals surface area (Å²) in [6.07, 6.45) is -2.39. The quantitative estimate of drug-likeness (QED) is 0.354. The molecule has 0 unspecified atom stereocenters. The highest BCUT2D eigenvalue weighted by Gasteiger charge is 2.38. The first-order valence-corrected chi connectivity index (χ1v) is 13.1. The zero-order valence-electron chi connectivity index (χ0n) is 22.3. The van der Waals surface area contributed by atoms with Crippen molar-refractivity contribution in [2.24, 2.45) is 0 Å². The van der Waals surface area contributed by atoms with Crippen molar-refractivity contribution < 1.29 is 27.5 Å². The maximum absolute atomic E-state index is 14.8. The maximum atomic E-state index is 14.8. The molecule has 0 atom stereocenters. The van der Waals surface area contributed by atoms with E-state index in [4.69, 9.17) is 0 Å². The second-order valence-corrected chi connectivity index (χ2v) is 10.1. The van der Waals surface area contributed by atoms with Crippen LogP contribution in [0.2, 0.25) is 0 Å². The molecule has 0 spiro atoms. The van der Waals surface area contributed by atoms with Crippen molar-refractivity contribution in [3.05, 3.63) is 58.8 Å². The summed E-state index contributed by atoms with van der Waals surface area (Å²) in [5.41, 5.74) is -4.04. The highest BCUT2D eigenvalue weighted by atomic mass is 19.4. The molecule has 2 fully saturated rings. The smallest absolute Gasteiger partial charge is 0.431 e. The van der Waals surface area contributed by atoms with Crippen LogP contribution in [-0.2, 0) is 11.0 Å². The number of carbonyl (C=O) groups is 1. The average molecular weight is 576 g/mol. The van der Waals surface area contributed by atoms with Crippen LogP contribution in [0.4, 0.5) is 29.3 Å². The number of rotatable bonds is 5. The largest absolute Gasteiger partial charge is 0.506 e. The number of pyridine rings is 1. The van der Waals surface area contributed by atoms with Gasteiger partial charge in [-0.3, -0.25) is 14.2 Å². The Labute approximate surface area is 232 Å². The Hall–Kier alpha value is -4.20. The lowest BCUT2D eigenvalue weighted by Gasteiger charge is -2.35. The second kappa shape index (κ2) is 11.0. The molecule has 41 heavy (non-hydrogen) atoms. The van der Waals surface area contributed by atoms with Gasteiger partial charge in [0, 0.05) is 32.2 Å². The Bertz CT molecular complexity index is 1520. The van der Waals surface area contributed by atoms with Crippen LogP contribution in [0.1, 0.15) is 18.5 Å². The van der Waals surface area contributed by atoms with E-state index in [0.29, 0.717) is 6.07 Å². The molecule has 0 saturated carbocycles. The number of nitrogens with one attached hydrogen (secondary N) is 1. The lowest BCUT2D eigenvalue weighted by Crippen LogP contribution is -2.48. The first-order valence-electron chi connectivity index (χ1n) is 13.1. The molecule has 1 aromatic carbocycles. The summed E-state index contributed by atoms with van der Waals surface area (Å²) in [5, 5.41) is 13.4. The van der Waals surface area contributed by atoms with Gasteiger partial charge in [-0.25, -0.2) is 9.37 Å². The van der Waals surface area contributed by atoms with Crippen LogP contribution in [0.25, 0.3) is 16.6 Å². The highest BCUT2D eigenvalue weighted by molar-refractivity contribution is 5.91. The number of phenolic OH excluding ortho intramolecular Hbond substituents is 1. The van der Waals surface area contributed by atoms with Gasteiger partial charge in [0.2, 0.25) is 11.9 Å². The minimum Gasteiger partial charge on any atom is -0.506 e. The molecule has 2 aliphatic heterocycles. The summed E-state index contributed by atoms with van der Waals surface area (Å²) in [6, 6.07) is 3.64. The zero-order valence-corrected chi connectivity index (χ0v) is 22.3. The number of nitrogens with zero attached hydrogens (tertiary/aromatic N) is 6. The number of halogens is 4. The number of fused-ring (bicyclic) bond motifs is 1. The van der Waals surface area contributed by atoms with E-state index in [1.54, 1.807) is 9.80 Å². The molecule has 14 heteroatoms. The van der Waals surface area contributed by atoms with Gasteiger partial charge in [-0.2, -0.15) is 18.2 Å². The van der Waals surface area contributed by atoms with Crippen LogP contribution >= 0.6 is 0 Å². The third-order valence-electron chi connectivity index (χ3n) is 7.45. The Morgan fingerprint density at radius 3 is 2.41 bits per heavy atom. The van der Waals surface area contributed by atoms with Crippen molar-refractivity contribution in [2.75, 3.05) is 56.5 Å². The van der Waals surface area contributed by atoms with Gasteiger partial charge in [0.1, 0.15) is 28.5 Å². The number of piperidine rings is 1. The van der Waals surface area contributed by atoms with E-state index in [1.165, 1.54) is 6.08 Å². The number of carbonyl (C=O) groups excluding carboxylic acids is 1. The molecule has 2 aliphatic rings. The number of aromatic nitrogens is 3. The van der Waals surface area contributed by atoms with Crippen molar-refractivity contribution >= 4 is 28.6 Å². The fourth-order valence-corrected chi connectivity index (χ4v) is 5.23. The van der Waals surface area contributed by atoms with E-state index in [0.717, 1.165) is 44.1 Å². The minimum atomic E-state index is -5.10. The molecule has 2 aromatic heterocycles. The monoisotopic (exact) mass is 575 g/mol. The summed E-state index contributed by atoms with van der Waals surface area (Å²) >= 11 is 0. The molecule has 2 saturated heterocycles. The lowest BCUT2D eigenvalue weighted by atomic mass is 10.1. The standard InChI is InChI=1S/C27H29F4N7O3/c1-3-21(40)36-11-13-37(14-12-36)24-17-15-20(27(29,30)31)38(23-18(28)5-4-6-19(23)39)25(41)22(17)33-26(34-24)32-16-7-9-35(2)10-8-16/h3-6,15-16,39H,1,7-14H2,2H3,(H,32,33,34). The maximum Gasteiger partial charge on any atom is 0.431 e. The van der Waals surface area contributed by atoms with E-state index in [1.807, 2.05) is 7.05 Å². The molecule has 1 amide bonds. The van der Waals surface area contributed by atoms with Crippen LogP contribution in [0, 0.1) is 5.82 Å². The SMILES string of the molecule is C=CC(=O)N1CCN(c2nc(NC3CCN(C)CC3)nc3c(=O)n(-c4c(O)cccc4F)c(C(F)(F)F)cc23)CC1. The molecule has 10 nitrogen and oxygen atoms in total. The normalized spacial score (nSPS) is 17.2. The molecule has 0 bridgehead atoms. The third kappa shape index (κ3) is 5.56. The Kier molecular flexibility index (Phi) is 7.60. The van der Waals surface area contributed by atoms with Gasteiger partial charge in [-0.1, -0.05) is 12.6 Å². The van der Waals surface area contributed by atoms with Crippen molar-refractivity contribution in [3.63, 3.8) is 0 Å². The Balaban J connectivity index is 1.70. The fourth-order valence-electron chi connectivity index (χ4n) is 5.23. The van der Waals surface area contributed by atoms with Crippen LogP contribution < -0.4 is 15.8 Å². The number of amides is 1. The van der Waals surface area contributed by atoms with E-state index in [2.05, 4.69) is 26.8 Å². The lowest BCUT2D eigenvalue weighted by molar-refractivity contribution is -0.142. The number of hydrogen-bond donors (Lipinski definition) is 2. The van der Waals surface area contributed by atoms with Crippen LogP contribution in [-0.4, -0.2) is 87.7 Å². The number of anilines is 2. The molecule has 3 aromatic rings. The zero-order chi connectivity index (χ0) is 29.5. The number of benzene rings is 1. The molecule has 5 rings (SSSR count). The van der Waals surface area contributed by atoms with Crippen molar-refractivity contribution in [1.82, 2.24) is 24.3 Å². The minimum absolute atomic E-state index is 0.0363. The summed E-state index contributed by atoms with van der Waals surface area (Å²) in [6.45, 7) is 6.11. The van der Waals surface area contributed by atoms with Gasteiger partial charge in [0.15, 0.2) is 5.82 Å². The van der Waals surface area contributed by atoms with Crippen LogP contribution in [0.15, 0.2) is 41.7 Å². The summed E-state index contributed by atoms with van der Waals surface area (Å²) < 4.78 is 58.1. The molecular weight excluding hydrogens is 546 g/mol. The average Bonchev–Trinajstić information content (AvgIpc) is 2.94. The second-order valence-electron chi connectivity index (χ2n) is 10.1. The van der Waals surface area contributed by atoms with Gasteiger partial charge in [0.25, 0.3) is 5.56 Å². The van der Waals surface area contributed by atoms with E-state index in [9.17, 15) is 32.3 Å². The summed E-state index contributed by atoms with van der Waals surface area (Å²) in [4.78, 5) is 40.2. The predicted molar refractivity (Wildman–Crippen MR) is 145 cm³/mol. The highest BCUT2D eigenvalue weighted by Crippen LogP contribution is 2.37. The van der Waals surface area contributed by atoms with Crippen LogP contribution in [0.3, 0.4) is 0 Å². The number of likely N-dealkylation sites (tertiary alicyclic amines) is 1. The summed E-state index contributed by atoms with van der Waals surface area (Å²) in [5.74, 6) is -2.18. The predicted octanol–water partition coefficient (Wildman–Crippen LogP) is 2.98. The topological polar surface area (TPSA) is 107 Å². The van der Waals surface area contributed by atoms with Crippen molar-refractivity contribution in [3.8, 4) is 11.4 Å². The third-order valence-corrected chi connectivity index (χ3v) is 7.45. The molecule has 0 aliphatic carbocycles. The van der Waals surface area contributed by atoms with Gasteiger partial charge in [-0.05, 0) is 57.3 Å². The van der Waals surface area contributed by atoms with E-state index < -0.39 is 34.7 Å². The van der Waals surface area contributed by atoms with Gasteiger partial charge in [-0.15, -0.1) is 0 Å². The van der Waals surface area contributed by atoms with Crippen molar-refractivity contribution in [2.45, 2.75) is 25.1 Å². The first-order chi connectivity index (χ1) is 19.5. The number of aromatic hydroxyl groups is 1. The molecule has 4 heterocycles. The Morgan fingerprint density at radius 1 is 1.12 bits per heavy atom. The molecule has 2 N–H and O–H groups in total. The number of hydrogen-bond acceptors (Lipinski definition) is 8. The number of para-hydroxylation sites is 1. The van der Waals surface area contributed by atoms with Gasteiger partial charge >= 0.3 is 6.18 Å². The molecule has 0 radical (unpaired) electrons. The molecular formula is C27H29F4N7O3. The van der Waals surface area contributed by atoms with Gasteiger partial charge in [0.05, 0.1) is 5.39 Å². The van der Waals surface area contributed by atoms with E-state index in [-0.39, 0.29) is 65.4 Å². The fraction of sp³-hybridized carbons (Fsp3) is 0.407. The van der Waals surface area contributed by atoms with Crippen LogP contribution in [0.5, 0.6) is 5.75 Å². The van der Waals surface area contributed by atoms with Crippen molar-refractivity contribution in [1.29, 1.82) is 0 Å².